The predicted octanol–water partition coefficient (Wildman–Crippen LogP) is 5.32. The van der Waals surface area contributed by atoms with E-state index < -0.39 is 12.1 Å². The number of aliphatic carboxylic acids is 1. The first-order chi connectivity index (χ1) is 14.5. The molecule has 2 aromatic carbocycles. The van der Waals surface area contributed by atoms with Gasteiger partial charge in [-0.1, -0.05) is 48.6 Å². The number of hydrogen-bond donors (Lipinski definition) is 2. The Morgan fingerprint density at radius 3 is 2.60 bits per heavy atom. The van der Waals surface area contributed by atoms with Crippen molar-refractivity contribution in [3.8, 4) is 11.1 Å². The number of benzene rings is 2. The summed E-state index contributed by atoms with van der Waals surface area (Å²) < 4.78 is 13.6. The van der Waals surface area contributed by atoms with Crippen LogP contribution in [0.4, 0.5) is 4.39 Å². The molecule has 3 aromatic rings. The van der Waals surface area contributed by atoms with Gasteiger partial charge in [0.1, 0.15) is 5.82 Å². The van der Waals surface area contributed by atoms with Crippen molar-refractivity contribution < 1.29 is 19.4 Å². The van der Waals surface area contributed by atoms with Crippen LogP contribution in [0.5, 0.6) is 0 Å². The molecule has 0 spiro atoms. The van der Waals surface area contributed by atoms with E-state index in [-0.39, 0.29) is 12.2 Å². The Labute approximate surface area is 174 Å². The van der Waals surface area contributed by atoms with Gasteiger partial charge >= 0.3 is 5.97 Å². The summed E-state index contributed by atoms with van der Waals surface area (Å²) in [4.78, 5) is 15.5. The fourth-order valence-corrected chi connectivity index (χ4v) is 3.60. The average molecular weight is 403 g/mol. The van der Waals surface area contributed by atoms with Crippen molar-refractivity contribution in [2.75, 3.05) is 0 Å². The number of halogens is 1. The Bertz CT molecular complexity index is 1130. The van der Waals surface area contributed by atoms with Gasteiger partial charge in [0.05, 0.1) is 17.3 Å². The number of fused-ring (bicyclic) bond motifs is 1. The zero-order valence-corrected chi connectivity index (χ0v) is 16.3. The van der Waals surface area contributed by atoms with Crippen LogP contribution in [0, 0.1) is 5.82 Å². The van der Waals surface area contributed by atoms with Crippen molar-refractivity contribution in [3.05, 3.63) is 83.8 Å². The van der Waals surface area contributed by atoms with Gasteiger partial charge in [-0.05, 0) is 43.0 Å². The van der Waals surface area contributed by atoms with Gasteiger partial charge in [0.25, 0.3) is 0 Å². The largest absolute Gasteiger partial charge is 0.478 e. The standard InChI is InChI=1S/C25H22FNO3/c26-18-12-10-16(11-13-18)24-20-5-1-2-6-22(20)27-25(17-8-9-17)21(24)15-14-19(28)4-3-7-23(29)30/h1-3,5-7,10-15,17,19,28H,4,8-9H2,(H,29,30)/b7-3-,15-14+/t19-/m0/s1. The maximum absolute atomic E-state index is 13.6. The van der Waals surface area contributed by atoms with E-state index in [4.69, 9.17) is 10.1 Å². The number of pyridine rings is 1. The lowest BCUT2D eigenvalue weighted by molar-refractivity contribution is -0.131. The number of carbonyl (C=O) groups is 1. The maximum atomic E-state index is 13.6. The molecule has 1 aliphatic carbocycles. The van der Waals surface area contributed by atoms with Crippen LogP contribution in [-0.2, 0) is 4.79 Å². The summed E-state index contributed by atoms with van der Waals surface area (Å²) in [7, 11) is 0. The number of para-hydroxylation sites is 1. The minimum Gasteiger partial charge on any atom is -0.478 e. The summed E-state index contributed by atoms with van der Waals surface area (Å²) in [5, 5.41) is 19.9. The van der Waals surface area contributed by atoms with Crippen LogP contribution < -0.4 is 0 Å². The van der Waals surface area contributed by atoms with Gasteiger partial charge in [-0.3, -0.25) is 4.98 Å². The highest BCUT2D eigenvalue weighted by molar-refractivity contribution is 5.99. The lowest BCUT2D eigenvalue weighted by Crippen LogP contribution is -2.02. The van der Waals surface area contributed by atoms with Crippen molar-refractivity contribution in [2.45, 2.75) is 31.3 Å². The molecule has 1 heterocycles. The molecule has 0 aliphatic heterocycles. The Balaban J connectivity index is 1.83. The van der Waals surface area contributed by atoms with E-state index in [1.54, 1.807) is 18.2 Å². The fraction of sp³-hybridized carbons (Fsp3) is 0.200. The second kappa shape index (κ2) is 8.59. The van der Waals surface area contributed by atoms with Crippen LogP contribution in [0.1, 0.15) is 36.4 Å². The van der Waals surface area contributed by atoms with Crippen LogP contribution >= 0.6 is 0 Å². The number of aliphatic hydroxyl groups excluding tert-OH is 1. The van der Waals surface area contributed by atoms with Gasteiger partial charge in [0, 0.05) is 28.5 Å². The molecular formula is C25H22FNO3. The van der Waals surface area contributed by atoms with Crippen molar-refractivity contribution in [1.29, 1.82) is 0 Å². The second-order valence-corrected chi connectivity index (χ2v) is 7.49. The molecule has 30 heavy (non-hydrogen) atoms. The molecule has 2 N–H and O–H groups in total. The lowest BCUT2D eigenvalue weighted by atomic mass is 9.92. The van der Waals surface area contributed by atoms with Crippen LogP contribution in [0.25, 0.3) is 28.1 Å². The number of rotatable bonds is 7. The summed E-state index contributed by atoms with van der Waals surface area (Å²) in [5.41, 5.74) is 4.64. The van der Waals surface area contributed by atoms with Crippen LogP contribution in [0.3, 0.4) is 0 Å². The van der Waals surface area contributed by atoms with E-state index in [9.17, 15) is 14.3 Å². The molecule has 0 bridgehead atoms. The van der Waals surface area contributed by atoms with Crippen LogP contribution in [0.2, 0.25) is 0 Å². The third-order valence-corrected chi connectivity index (χ3v) is 5.18. The molecule has 0 radical (unpaired) electrons. The molecule has 0 amide bonds. The zero-order chi connectivity index (χ0) is 21.1. The molecule has 0 unspecified atom stereocenters. The lowest BCUT2D eigenvalue weighted by Gasteiger charge is -2.16. The molecule has 1 aliphatic rings. The van der Waals surface area contributed by atoms with E-state index in [2.05, 4.69) is 0 Å². The summed E-state index contributed by atoms with van der Waals surface area (Å²) in [6.07, 6.45) is 7.50. The molecule has 4 rings (SSSR count). The number of aromatic nitrogens is 1. The van der Waals surface area contributed by atoms with Gasteiger partial charge in [0.2, 0.25) is 0 Å². The highest BCUT2D eigenvalue weighted by Crippen LogP contribution is 2.45. The molecular weight excluding hydrogens is 381 g/mol. The number of carboxylic acids is 1. The van der Waals surface area contributed by atoms with E-state index in [1.165, 1.54) is 18.2 Å². The third kappa shape index (κ3) is 4.47. The van der Waals surface area contributed by atoms with Gasteiger partial charge in [-0.15, -0.1) is 0 Å². The topological polar surface area (TPSA) is 70.4 Å². The molecule has 0 saturated heterocycles. The first kappa shape index (κ1) is 20.0. The van der Waals surface area contributed by atoms with E-state index in [0.29, 0.717) is 5.92 Å². The Hall–Kier alpha value is -3.31. The van der Waals surface area contributed by atoms with Gasteiger partial charge in [0.15, 0.2) is 0 Å². The molecule has 4 nitrogen and oxygen atoms in total. The minimum atomic E-state index is -1.04. The second-order valence-electron chi connectivity index (χ2n) is 7.49. The van der Waals surface area contributed by atoms with E-state index >= 15 is 0 Å². The number of aliphatic hydroxyl groups is 1. The van der Waals surface area contributed by atoms with Crippen LogP contribution in [-0.4, -0.2) is 27.3 Å². The molecule has 1 saturated carbocycles. The first-order valence-electron chi connectivity index (χ1n) is 9.97. The fourth-order valence-electron chi connectivity index (χ4n) is 3.60. The Kier molecular flexibility index (Phi) is 5.72. The number of carboxylic acid groups (broad SMARTS) is 1. The van der Waals surface area contributed by atoms with Gasteiger partial charge in [-0.2, -0.15) is 0 Å². The van der Waals surface area contributed by atoms with E-state index in [0.717, 1.165) is 52.2 Å². The molecule has 152 valence electrons. The molecule has 5 heteroatoms. The quantitative estimate of drug-likeness (QED) is 0.524. The Morgan fingerprint density at radius 1 is 1.17 bits per heavy atom. The maximum Gasteiger partial charge on any atom is 0.327 e. The highest BCUT2D eigenvalue weighted by Gasteiger charge is 2.29. The van der Waals surface area contributed by atoms with Crippen LogP contribution in [0.15, 0.2) is 66.8 Å². The molecule has 1 atom stereocenters. The highest BCUT2D eigenvalue weighted by atomic mass is 19.1. The Morgan fingerprint density at radius 2 is 1.90 bits per heavy atom. The van der Waals surface area contributed by atoms with E-state index in [1.807, 2.05) is 30.3 Å². The number of nitrogens with zero attached hydrogens (tertiary/aromatic N) is 1. The van der Waals surface area contributed by atoms with Crippen molar-refractivity contribution in [2.24, 2.45) is 0 Å². The summed E-state index contributed by atoms with van der Waals surface area (Å²) in [6, 6.07) is 14.3. The smallest absolute Gasteiger partial charge is 0.327 e. The van der Waals surface area contributed by atoms with Crippen molar-refractivity contribution >= 4 is 22.9 Å². The third-order valence-electron chi connectivity index (χ3n) is 5.18. The normalized spacial score (nSPS) is 15.3. The predicted molar refractivity (Wildman–Crippen MR) is 116 cm³/mol. The summed E-state index contributed by atoms with van der Waals surface area (Å²) >= 11 is 0. The van der Waals surface area contributed by atoms with Crippen molar-refractivity contribution in [1.82, 2.24) is 4.98 Å². The molecule has 1 fully saturated rings. The first-order valence-corrected chi connectivity index (χ1v) is 9.97. The average Bonchev–Trinajstić information content (AvgIpc) is 3.57. The SMILES string of the molecule is O=C(O)/C=C\C[C@H](O)/C=C/c1c(C2CC2)nc2ccccc2c1-c1ccc(F)cc1. The van der Waals surface area contributed by atoms with Gasteiger partial charge < -0.3 is 10.2 Å². The van der Waals surface area contributed by atoms with Crippen molar-refractivity contribution in [3.63, 3.8) is 0 Å². The van der Waals surface area contributed by atoms with Gasteiger partial charge in [-0.25, -0.2) is 9.18 Å². The molecule has 1 aromatic heterocycles. The monoisotopic (exact) mass is 403 g/mol. The summed E-state index contributed by atoms with van der Waals surface area (Å²) in [5.74, 6) is -0.964. The summed E-state index contributed by atoms with van der Waals surface area (Å²) in [6.45, 7) is 0. The minimum absolute atomic E-state index is 0.203. The zero-order valence-electron chi connectivity index (χ0n) is 16.3. The number of hydrogen-bond acceptors (Lipinski definition) is 3.